The molecule has 0 amide bonds. The molecule has 0 N–H and O–H groups in total. The van der Waals surface area contributed by atoms with Crippen LogP contribution in [-0.4, -0.2) is 26.2 Å². The number of hydrogen-bond acceptors (Lipinski definition) is 3. The summed E-state index contributed by atoms with van der Waals surface area (Å²) in [6, 6.07) is 9.50. The lowest BCUT2D eigenvalue weighted by molar-refractivity contribution is 0.137. The van der Waals surface area contributed by atoms with Gasteiger partial charge in [-0.15, -0.1) is 10.2 Å². The Morgan fingerprint density at radius 1 is 1.15 bits per heavy atom. The van der Waals surface area contributed by atoms with Gasteiger partial charge < -0.3 is 4.57 Å². The number of fused-ring (bicyclic) bond motifs is 2. The first kappa shape index (κ1) is 12.1. The summed E-state index contributed by atoms with van der Waals surface area (Å²) in [5.41, 5.74) is 3.07. The maximum Gasteiger partial charge on any atom is 0.147 e. The lowest BCUT2D eigenvalue weighted by atomic mass is 9.86. The van der Waals surface area contributed by atoms with Crippen molar-refractivity contribution in [2.45, 2.75) is 45.3 Å². The molecule has 0 unspecified atom stereocenters. The van der Waals surface area contributed by atoms with Crippen LogP contribution in [0.25, 0.3) is 0 Å². The number of aryl methyl sites for hydroxylation is 2. The van der Waals surface area contributed by atoms with Gasteiger partial charge in [-0.2, -0.15) is 0 Å². The summed E-state index contributed by atoms with van der Waals surface area (Å²) >= 11 is 0. The van der Waals surface area contributed by atoms with E-state index in [1.54, 1.807) is 0 Å². The van der Waals surface area contributed by atoms with Crippen molar-refractivity contribution < 1.29 is 0 Å². The molecule has 1 aromatic carbocycles. The minimum absolute atomic E-state index is 0.561. The van der Waals surface area contributed by atoms with Gasteiger partial charge in [-0.3, -0.25) is 4.90 Å². The van der Waals surface area contributed by atoms with Crippen LogP contribution >= 0.6 is 0 Å². The third-order valence-corrected chi connectivity index (χ3v) is 4.75. The summed E-state index contributed by atoms with van der Waals surface area (Å²) in [6.07, 6.45) is 3.80. The third kappa shape index (κ3) is 1.86. The van der Waals surface area contributed by atoms with E-state index < -0.39 is 0 Å². The fraction of sp³-hybridized carbons (Fsp3) is 0.500. The molecule has 4 nitrogen and oxygen atoms in total. The Balaban J connectivity index is 1.64. The summed E-state index contributed by atoms with van der Waals surface area (Å²) < 4.78 is 2.26. The lowest BCUT2D eigenvalue weighted by Crippen LogP contribution is -2.38. The number of aromatic nitrogens is 3. The van der Waals surface area contributed by atoms with Gasteiger partial charge in [0.05, 0.1) is 6.54 Å². The van der Waals surface area contributed by atoms with Gasteiger partial charge in [-0.25, -0.2) is 0 Å². The zero-order valence-electron chi connectivity index (χ0n) is 11.9. The standard InChI is InChI=1S/C16H20N4/c1-12-17-18-16-11-19(9-10-20(12)16)15-8-4-6-13-5-2-3-7-14(13)15/h2-3,5,7,15H,4,6,8-11H2,1H3/t15-/m1/s1. The Bertz CT molecular complexity index is 631. The smallest absolute Gasteiger partial charge is 0.147 e. The van der Waals surface area contributed by atoms with Crippen LogP contribution in [0.1, 0.15) is 41.7 Å². The van der Waals surface area contributed by atoms with Gasteiger partial charge in [0.15, 0.2) is 0 Å². The third-order valence-electron chi connectivity index (χ3n) is 4.75. The van der Waals surface area contributed by atoms with Crippen LogP contribution in [0.15, 0.2) is 24.3 Å². The second-order valence-electron chi connectivity index (χ2n) is 5.89. The van der Waals surface area contributed by atoms with Gasteiger partial charge in [0.2, 0.25) is 0 Å². The molecule has 0 saturated heterocycles. The van der Waals surface area contributed by atoms with E-state index in [1.807, 2.05) is 6.92 Å². The van der Waals surface area contributed by atoms with Crippen LogP contribution in [0.3, 0.4) is 0 Å². The molecule has 20 heavy (non-hydrogen) atoms. The van der Waals surface area contributed by atoms with Crippen molar-refractivity contribution in [2.75, 3.05) is 6.54 Å². The first-order chi connectivity index (χ1) is 9.83. The molecule has 104 valence electrons. The summed E-state index contributed by atoms with van der Waals surface area (Å²) in [5.74, 6) is 2.17. The van der Waals surface area contributed by atoms with E-state index in [0.717, 1.165) is 31.3 Å². The van der Waals surface area contributed by atoms with Crippen LogP contribution in [0.2, 0.25) is 0 Å². The van der Waals surface area contributed by atoms with Gasteiger partial charge in [0.1, 0.15) is 11.6 Å². The molecule has 0 spiro atoms. The maximum absolute atomic E-state index is 4.33. The maximum atomic E-state index is 4.33. The average Bonchev–Trinajstić information content (AvgIpc) is 2.87. The fourth-order valence-electron chi connectivity index (χ4n) is 3.70. The molecule has 4 rings (SSSR count). The van der Waals surface area contributed by atoms with E-state index in [4.69, 9.17) is 0 Å². The molecule has 1 aliphatic carbocycles. The van der Waals surface area contributed by atoms with Crippen molar-refractivity contribution in [3.8, 4) is 0 Å². The van der Waals surface area contributed by atoms with E-state index in [-0.39, 0.29) is 0 Å². The average molecular weight is 268 g/mol. The van der Waals surface area contributed by atoms with Gasteiger partial charge >= 0.3 is 0 Å². The molecule has 0 saturated carbocycles. The Morgan fingerprint density at radius 3 is 3.00 bits per heavy atom. The molecule has 0 fully saturated rings. The van der Waals surface area contributed by atoms with Gasteiger partial charge in [0.25, 0.3) is 0 Å². The molecule has 0 radical (unpaired) electrons. The molecule has 2 heterocycles. The summed E-state index contributed by atoms with van der Waals surface area (Å²) in [6.45, 7) is 5.10. The highest BCUT2D eigenvalue weighted by Crippen LogP contribution is 2.35. The van der Waals surface area contributed by atoms with Crippen molar-refractivity contribution in [3.63, 3.8) is 0 Å². The molecular weight excluding hydrogens is 248 g/mol. The van der Waals surface area contributed by atoms with E-state index in [1.165, 1.54) is 30.4 Å². The normalized spacial score (nSPS) is 22.4. The zero-order chi connectivity index (χ0) is 13.5. The Hall–Kier alpha value is -1.68. The molecule has 0 bridgehead atoms. The largest absolute Gasteiger partial charge is 0.313 e. The van der Waals surface area contributed by atoms with Crippen LogP contribution in [0.4, 0.5) is 0 Å². The highest BCUT2D eigenvalue weighted by atomic mass is 15.3. The second kappa shape index (κ2) is 4.70. The first-order valence-electron chi connectivity index (χ1n) is 7.53. The topological polar surface area (TPSA) is 34.0 Å². The molecule has 1 aliphatic heterocycles. The fourth-order valence-corrected chi connectivity index (χ4v) is 3.70. The summed E-state index contributed by atoms with van der Waals surface area (Å²) in [4.78, 5) is 2.58. The monoisotopic (exact) mass is 268 g/mol. The zero-order valence-corrected chi connectivity index (χ0v) is 11.9. The molecule has 2 aromatic rings. The number of nitrogens with zero attached hydrogens (tertiary/aromatic N) is 4. The van der Waals surface area contributed by atoms with E-state index >= 15 is 0 Å². The first-order valence-corrected chi connectivity index (χ1v) is 7.53. The number of hydrogen-bond donors (Lipinski definition) is 0. The van der Waals surface area contributed by atoms with Gasteiger partial charge in [-0.05, 0) is 37.3 Å². The minimum atomic E-state index is 0.561. The molecule has 2 aliphatic rings. The Labute approximate surface area is 119 Å². The minimum Gasteiger partial charge on any atom is -0.313 e. The van der Waals surface area contributed by atoms with Crippen molar-refractivity contribution in [1.29, 1.82) is 0 Å². The number of rotatable bonds is 1. The Kier molecular flexibility index (Phi) is 2.84. The highest BCUT2D eigenvalue weighted by molar-refractivity contribution is 5.32. The van der Waals surface area contributed by atoms with Crippen molar-refractivity contribution in [1.82, 2.24) is 19.7 Å². The summed E-state index contributed by atoms with van der Waals surface area (Å²) in [5, 5.41) is 8.54. The predicted octanol–water partition coefficient (Wildman–Crippen LogP) is 2.48. The van der Waals surface area contributed by atoms with E-state index in [9.17, 15) is 0 Å². The second-order valence-corrected chi connectivity index (χ2v) is 5.89. The predicted molar refractivity (Wildman–Crippen MR) is 77.3 cm³/mol. The molecule has 1 atom stereocenters. The van der Waals surface area contributed by atoms with Crippen molar-refractivity contribution in [2.24, 2.45) is 0 Å². The van der Waals surface area contributed by atoms with Crippen LogP contribution in [0.5, 0.6) is 0 Å². The van der Waals surface area contributed by atoms with Crippen molar-refractivity contribution in [3.05, 3.63) is 47.0 Å². The lowest BCUT2D eigenvalue weighted by Gasteiger charge is -2.38. The van der Waals surface area contributed by atoms with E-state index in [2.05, 4.69) is 43.9 Å². The molecule has 4 heteroatoms. The van der Waals surface area contributed by atoms with E-state index in [0.29, 0.717) is 6.04 Å². The van der Waals surface area contributed by atoms with Gasteiger partial charge in [0, 0.05) is 19.1 Å². The molecular formula is C16H20N4. The highest BCUT2D eigenvalue weighted by Gasteiger charge is 2.29. The Morgan fingerprint density at radius 2 is 2.05 bits per heavy atom. The summed E-state index contributed by atoms with van der Waals surface area (Å²) in [7, 11) is 0. The van der Waals surface area contributed by atoms with Crippen molar-refractivity contribution >= 4 is 0 Å². The number of benzene rings is 1. The van der Waals surface area contributed by atoms with Gasteiger partial charge in [-0.1, -0.05) is 24.3 Å². The molecule has 1 aromatic heterocycles. The quantitative estimate of drug-likeness (QED) is 0.797. The van der Waals surface area contributed by atoms with Crippen LogP contribution < -0.4 is 0 Å². The van der Waals surface area contributed by atoms with Crippen LogP contribution in [-0.2, 0) is 19.5 Å². The van der Waals surface area contributed by atoms with Crippen LogP contribution in [0, 0.1) is 6.92 Å². The SMILES string of the molecule is Cc1nnc2n1CCN([C@@H]1CCCc3ccccc31)C2.